The number of hydrogen-bond acceptors (Lipinski definition) is 6. The highest BCUT2D eigenvalue weighted by atomic mass is 32.2. The van der Waals surface area contributed by atoms with Gasteiger partial charge in [0.25, 0.3) is 5.91 Å². The van der Waals surface area contributed by atoms with Crippen molar-refractivity contribution in [1.82, 2.24) is 14.2 Å². The van der Waals surface area contributed by atoms with Gasteiger partial charge in [-0.25, -0.2) is 17.7 Å². The van der Waals surface area contributed by atoms with Crippen molar-refractivity contribution in [2.75, 3.05) is 46.2 Å². The number of piperidine rings is 1. The number of ether oxygens (including phenoxy) is 1. The summed E-state index contributed by atoms with van der Waals surface area (Å²) < 4.78 is 35.6. The Morgan fingerprint density at radius 2 is 2.17 bits per heavy atom. The van der Waals surface area contributed by atoms with Crippen molar-refractivity contribution in [2.24, 2.45) is 11.3 Å². The molecule has 2 aliphatic rings. The van der Waals surface area contributed by atoms with Gasteiger partial charge >= 0.3 is 0 Å². The lowest BCUT2D eigenvalue weighted by Crippen LogP contribution is -2.47. The molecule has 3 rings (SSSR count). The van der Waals surface area contributed by atoms with E-state index < -0.39 is 10.0 Å². The number of methoxy groups -OCH3 is 1. The van der Waals surface area contributed by atoms with E-state index in [4.69, 9.17) is 9.15 Å². The Labute approximate surface area is 141 Å². The lowest BCUT2D eigenvalue weighted by molar-refractivity contribution is 0.0324. The fourth-order valence-electron chi connectivity index (χ4n) is 3.87. The Morgan fingerprint density at radius 3 is 2.71 bits per heavy atom. The molecule has 8 nitrogen and oxygen atoms in total. The molecule has 2 aliphatic heterocycles. The van der Waals surface area contributed by atoms with Crippen LogP contribution in [-0.2, 0) is 14.8 Å². The highest BCUT2D eigenvalue weighted by Crippen LogP contribution is 2.45. The van der Waals surface area contributed by atoms with Crippen molar-refractivity contribution in [2.45, 2.75) is 12.8 Å². The van der Waals surface area contributed by atoms with Gasteiger partial charge in [0, 0.05) is 39.2 Å². The van der Waals surface area contributed by atoms with Crippen LogP contribution in [0.5, 0.6) is 0 Å². The van der Waals surface area contributed by atoms with Crippen molar-refractivity contribution >= 4 is 15.9 Å². The second kappa shape index (κ2) is 6.45. The zero-order valence-electron chi connectivity index (χ0n) is 14.0. The van der Waals surface area contributed by atoms with Crippen molar-refractivity contribution < 1.29 is 22.4 Å². The van der Waals surface area contributed by atoms with Gasteiger partial charge < -0.3 is 14.1 Å². The van der Waals surface area contributed by atoms with E-state index in [9.17, 15) is 13.2 Å². The molecule has 1 spiro atoms. The number of sulfonamides is 1. The predicted octanol–water partition coefficient (Wildman–Crippen LogP) is 0.435. The van der Waals surface area contributed by atoms with Crippen LogP contribution in [0.25, 0.3) is 0 Å². The van der Waals surface area contributed by atoms with E-state index in [2.05, 4.69) is 4.98 Å². The number of amides is 1. The van der Waals surface area contributed by atoms with E-state index in [0.29, 0.717) is 38.5 Å². The van der Waals surface area contributed by atoms with E-state index in [1.54, 1.807) is 16.3 Å². The van der Waals surface area contributed by atoms with Crippen LogP contribution in [0.3, 0.4) is 0 Å². The topological polar surface area (TPSA) is 93.0 Å². The number of oxazole rings is 1. The first-order chi connectivity index (χ1) is 11.4. The number of nitrogens with zero attached hydrogens (tertiary/aromatic N) is 3. The summed E-state index contributed by atoms with van der Waals surface area (Å²) in [7, 11) is -1.58. The lowest BCUT2D eigenvalue weighted by atomic mass is 9.71. The van der Waals surface area contributed by atoms with E-state index in [1.165, 1.54) is 18.9 Å². The van der Waals surface area contributed by atoms with Crippen molar-refractivity contribution in [3.8, 4) is 0 Å². The van der Waals surface area contributed by atoms with Gasteiger partial charge in [-0.2, -0.15) is 0 Å². The number of carbonyl (C=O) groups is 1. The van der Waals surface area contributed by atoms with Gasteiger partial charge in [-0.05, 0) is 18.3 Å². The molecule has 1 amide bonds. The Balaban J connectivity index is 1.71. The molecule has 0 N–H and O–H groups in total. The molecule has 9 heteroatoms. The maximum Gasteiger partial charge on any atom is 0.275 e. The van der Waals surface area contributed by atoms with Gasteiger partial charge in [0.1, 0.15) is 6.26 Å². The second-order valence-corrected chi connectivity index (χ2v) is 8.72. The van der Waals surface area contributed by atoms with Gasteiger partial charge in [-0.1, -0.05) is 0 Å². The molecule has 134 valence electrons. The number of rotatable bonds is 4. The first-order valence-electron chi connectivity index (χ1n) is 7.97. The Hall–Kier alpha value is -1.45. The van der Waals surface area contributed by atoms with E-state index in [-0.39, 0.29) is 17.2 Å². The summed E-state index contributed by atoms with van der Waals surface area (Å²) in [6.07, 6.45) is 5.36. The minimum atomic E-state index is -3.22. The minimum absolute atomic E-state index is 0.125. The molecule has 0 saturated carbocycles. The van der Waals surface area contributed by atoms with Gasteiger partial charge in [0.2, 0.25) is 10.0 Å². The van der Waals surface area contributed by atoms with E-state index in [1.807, 2.05) is 0 Å². The number of likely N-dealkylation sites (tertiary alicyclic amines) is 1. The molecule has 2 saturated heterocycles. The molecule has 3 heterocycles. The average molecular weight is 357 g/mol. The van der Waals surface area contributed by atoms with E-state index >= 15 is 0 Å². The summed E-state index contributed by atoms with van der Waals surface area (Å²) in [5.74, 6) is 0.0152. The molecular formula is C15H23N3O5S. The summed E-state index contributed by atoms with van der Waals surface area (Å²) in [5, 5.41) is 0. The number of aromatic nitrogens is 1. The fourth-order valence-corrected chi connectivity index (χ4v) is 4.81. The molecule has 0 unspecified atom stereocenters. The van der Waals surface area contributed by atoms with Gasteiger partial charge in [-0.3, -0.25) is 4.79 Å². The smallest absolute Gasteiger partial charge is 0.275 e. The number of hydrogen-bond donors (Lipinski definition) is 0. The summed E-state index contributed by atoms with van der Waals surface area (Å²) in [6.45, 7) is 2.70. The largest absolute Gasteiger partial charge is 0.451 e. The van der Waals surface area contributed by atoms with Gasteiger partial charge in [0.05, 0.1) is 12.9 Å². The molecule has 0 bridgehead atoms. The van der Waals surface area contributed by atoms with Gasteiger partial charge in [0.15, 0.2) is 12.1 Å². The van der Waals surface area contributed by atoms with Crippen molar-refractivity contribution in [1.29, 1.82) is 0 Å². The normalized spacial score (nSPS) is 24.6. The Morgan fingerprint density at radius 1 is 1.46 bits per heavy atom. The minimum Gasteiger partial charge on any atom is -0.451 e. The lowest BCUT2D eigenvalue weighted by Gasteiger charge is -2.42. The molecule has 2 fully saturated rings. The highest BCUT2D eigenvalue weighted by Gasteiger charge is 2.50. The van der Waals surface area contributed by atoms with Crippen LogP contribution in [0.1, 0.15) is 23.3 Å². The summed E-state index contributed by atoms with van der Waals surface area (Å²) in [6, 6.07) is 0. The second-order valence-electron chi connectivity index (χ2n) is 6.74. The Kier molecular flexibility index (Phi) is 4.67. The molecule has 0 radical (unpaired) electrons. The molecule has 0 aliphatic carbocycles. The van der Waals surface area contributed by atoms with Crippen molar-refractivity contribution in [3.05, 3.63) is 18.4 Å². The van der Waals surface area contributed by atoms with Crippen LogP contribution < -0.4 is 0 Å². The molecule has 1 atom stereocenters. The van der Waals surface area contributed by atoms with Crippen LogP contribution in [0.4, 0.5) is 0 Å². The highest BCUT2D eigenvalue weighted by molar-refractivity contribution is 7.88. The van der Waals surface area contributed by atoms with Gasteiger partial charge in [-0.15, -0.1) is 0 Å². The standard InChI is InChI=1S/C15H23N3O5S/c1-22-8-12-7-18(24(2,20)21)10-15(12)3-5-17(6-4-15)14(19)13-9-23-11-16-13/h9,11-12H,3-8,10H2,1-2H3/t12-/m1/s1. The zero-order chi connectivity index (χ0) is 17.4. The molecule has 0 aromatic carbocycles. The van der Waals surface area contributed by atoms with Crippen LogP contribution >= 0.6 is 0 Å². The fraction of sp³-hybridized carbons (Fsp3) is 0.733. The van der Waals surface area contributed by atoms with Crippen LogP contribution in [0.15, 0.2) is 17.1 Å². The predicted molar refractivity (Wildman–Crippen MR) is 85.9 cm³/mol. The SMILES string of the molecule is COC[C@H]1CN(S(C)(=O)=O)CC12CCN(C(=O)c1cocn1)CC2. The molecule has 1 aromatic rings. The quantitative estimate of drug-likeness (QED) is 0.776. The van der Waals surface area contributed by atoms with Crippen LogP contribution in [0, 0.1) is 11.3 Å². The third kappa shape index (κ3) is 3.20. The summed E-state index contributed by atoms with van der Waals surface area (Å²) >= 11 is 0. The average Bonchev–Trinajstić information content (AvgIpc) is 3.17. The Bertz CT molecular complexity index is 680. The zero-order valence-corrected chi connectivity index (χ0v) is 14.8. The third-order valence-electron chi connectivity index (χ3n) is 5.32. The monoisotopic (exact) mass is 357 g/mol. The van der Waals surface area contributed by atoms with E-state index in [0.717, 1.165) is 12.8 Å². The first-order valence-corrected chi connectivity index (χ1v) is 9.82. The summed E-state index contributed by atoms with van der Waals surface area (Å²) in [5.41, 5.74) is 0.184. The molecular weight excluding hydrogens is 334 g/mol. The number of carbonyl (C=O) groups excluding carboxylic acids is 1. The molecule has 1 aromatic heterocycles. The molecule has 24 heavy (non-hydrogen) atoms. The first kappa shape index (κ1) is 17.4. The third-order valence-corrected chi connectivity index (χ3v) is 6.53. The maximum absolute atomic E-state index is 12.4. The van der Waals surface area contributed by atoms with Crippen LogP contribution in [-0.4, -0.2) is 74.7 Å². The maximum atomic E-state index is 12.4. The van der Waals surface area contributed by atoms with Crippen molar-refractivity contribution in [3.63, 3.8) is 0 Å². The summed E-state index contributed by atoms with van der Waals surface area (Å²) in [4.78, 5) is 18.0. The van der Waals surface area contributed by atoms with Crippen LogP contribution in [0.2, 0.25) is 0 Å².